The van der Waals surface area contributed by atoms with Crippen molar-refractivity contribution in [2.45, 2.75) is 25.9 Å². The molecule has 0 spiro atoms. The van der Waals surface area contributed by atoms with Crippen LogP contribution >= 0.6 is 0 Å². The van der Waals surface area contributed by atoms with Crippen LogP contribution in [0.1, 0.15) is 13.8 Å². The van der Waals surface area contributed by atoms with Crippen molar-refractivity contribution in [2.24, 2.45) is 0 Å². The molecule has 17 heavy (non-hydrogen) atoms. The van der Waals surface area contributed by atoms with Crippen LogP contribution in [0.2, 0.25) is 0 Å². The topological polar surface area (TPSA) is 60.1 Å². The summed E-state index contributed by atoms with van der Waals surface area (Å²) in [6.07, 6.45) is 0. The van der Waals surface area contributed by atoms with E-state index in [2.05, 4.69) is 40.4 Å². The SMILES string of the molecule is C[C@@H]1CNCCNCCNCCN[C@@H](C)CN1. The third-order valence-electron chi connectivity index (χ3n) is 2.97. The first kappa shape index (κ1) is 14.9. The van der Waals surface area contributed by atoms with Gasteiger partial charge in [0.2, 0.25) is 0 Å². The van der Waals surface area contributed by atoms with Crippen LogP contribution in [0.4, 0.5) is 0 Å². The van der Waals surface area contributed by atoms with Gasteiger partial charge in [-0.05, 0) is 13.8 Å². The van der Waals surface area contributed by atoms with E-state index in [9.17, 15) is 0 Å². The largest absolute Gasteiger partial charge is 0.314 e. The first-order valence-corrected chi connectivity index (χ1v) is 6.88. The lowest BCUT2D eigenvalue weighted by atomic mass is 10.2. The Morgan fingerprint density at radius 1 is 0.588 bits per heavy atom. The minimum atomic E-state index is 0.530. The molecule has 0 aromatic heterocycles. The molecular weight excluding hydrogens is 214 g/mol. The van der Waals surface area contributed by atoms with Gasteiger partial charge in [0, 0.05) is 64.4 Å². The van der Waals surface area contributed by atoms with Gasteiger partial charge in [-0.3, -0.25) is 0 Å². The van der Waals surface area contributed by atoms with Crippen LogP contribution in [0.25, 0.3) is 0 Å². The fourth-order valence-corrected chi connectivity index (χ4v) is 1.85. The molecule has 0 amide bonds. The monoisotopic (exact) mass is 243 g/mol. The van der Waals surface area contributed by atoms with E-state index in [4.69, 9.17) is 0 Å². The van der Waals surface area contributed by atoms with Gasteiger partial charge >= 0.3 is 0 Å². The van der Waals surface area contributed by atoms with Crippen molar-refractivity contribution in [3.63, 3.8) is 0 Å². The van der Waals surface area contributed by atoms with Gasteiger partial charge < -0.3 is 26.6 Å². The average molecular weight is 243 g/mol. The number of hydrogen-bond acceptors (Lipinski definition) is 5. The summed E-state index contributed by atoms with van der Waals surface area (Å²) in [5, 5.41) is 17.3. The van der Waals surface area contributed by atoms with Crippen LogP contribution in [0.3, 0.4) is 0 Å². The Hall–Kier alpha value is -0.200. The first-order chi connectivity index (χ1) is 8.29. The van der Waals surface area contributed by atoms with E-state index in [0.717, 1.165) is 52.4 Å². The van der Waals surface area contributed by atoms with Gasteiger partial charge in [0.05, 0.1) is 0 Å². The van der Waals surface area contributed by atoms with E-state index in [1.165, 1.54) is 0 Å². The molecule has 0 aromatic rings. The maximum absolute atomic E-state index is 3.54. The summed E-state index contributed by atoms with van der Waals surface area (Å²) in [4.78, 5) is 0. The van der Waals surface area contributed by atoms with Crippen molar-refractivity contribution in [3.05, 3.63) is 0 Å². The van der Waals surface area contributed by atoms with Crippen molar-refractivity contribution >= 4 is 0 Å². The highest BCUT2D eigenvalue weighted by atomic mass is 15.0. The van der Waals surface area contributed by atoms with Crippen molar-refractivity contribution in [1.29, 1.82) is 0 Å². The Kier molecular flexibility index (Phi) is 8.56. The molecule has 0 bridgehead atoms. The van der Waals surface area contributed by atoms with E-state index in [-0.39, 0.29) is 0 Å². The molecule has 1 aliphatic rings. The van der Waals surface area contributed by atoms with Gasteiger partial charge in [-0.25, -0.2) is 0 Å². The second kappa shape index (κ2) is 9.79. The molecule has 1 fully saturated rings. The van der Waals surface area contributed by atoms with Gasteiger partial charge in [-0.1, -0.05) is 0 Å². The minimum Gasteiger partial charge on any atom is -0.314 e. The van der Waals surface area contributed by atoms with Crippen molar-refractivity contribution in [2.75, 3.05) is 52.4 Å². The summed E-state index contributed by atoms with van der Waals surface area (Å²) >= 11 is 0. The maximum Gasteiger partial charge on any atom is 0.0164 e. The van der Waals surface area contributed by atoms with Crippen LogP contribution < -0.4 is 26.6 Å². The fraction of sp³-hybridized carbons (Fsp3) is 1.00. The second-order valence-electron chi connectivity index (χ2n) is 4.87. The van der Waals surface area contributed by atoms with E-state index in [1.807, 2.05) is 0 Å². The number of nitrogens with one attached hydrogen (secondary N) is 5. The summed E-state index contributed by atoms with van der Waals surface area (Å²) < 4.78 is 0. The number of hydrogen-bond donors (Lipinski definition) is 5. The predicted molar refractivity (Wildman–Crippen MR) is 73.5 cm³/mol. The maximum atomic E-state index is 3.54. The molecule has 0 radical (unpaired) electrons. The van der Waals surface area contributed by atoms with Gasteiger partial charge in [0.25, 0.3) is 0 Å². The molecule has 0 saturated carbocycles. The Balaban J connectivity index is 2.20. The van der Waals surface area contributed by atoms with Crippen molar-refractivity contribution < 1.29 is 0 Å². The Morgan fingerprint density at radius 3 is 1.82 bits per heavy atom. The minimum absolute atomic E-state index is 0.530. The Labute approximate surface area is 105 Å². The van der Waals surface area contributed by atoms with Crippen LogP contribution in [0, 0.1) is 0 Å². The highest BCUT2D eigenvalue weighted by Crippen LogP contribution is 1.83. The number of rotatable bonds is 0. The molecule has 102 valence electrons. The molecular formula is C12H29N5. The molecule has 1 aliphatic heterocycles. The van der Waals surface area contributed by atoms with E-state index >= 15 is 0 Å². The zero-order valence-electron chi connectivity index (χ0n) is 11.3. The molecule has 5 heteroatoms. The zero-order valence-corrected chi connectivity index (χ0v) is 11.3. The molecule has 1 saturated heterocycles. The predicted octanol–water partition coefficient (Wildman–Crippen LogP) is -1.27. The molecule has 0 unspecified atom stereocenters. The molecule has 0 aliphatic carbocycles. The molecule has 1 rings (SSSR count). The summed E-state index contributed by atoms with van der Waals surface area (Å²) in [6.45, 7) is 12.8. The summed E-state index contributed by atoms with van der Waals surface area (Å²) in [7, 11) is 0. The van der Waals surface area contributed by atoms with E-state index < -0.39 is 0 Å². The molecule has 5 N–H and O–H groups in total. The highest BCUT2D eigenvalue weighted by Gasteiger charge is 2.04. The van der Waals surface area contributed by atoms with Crippen LogP contribution in [-0.2, 0) is 0 Å². The van der Waals surface area contributed by atoms with E-state index in [1.54, 1.807) is 0 Å². The van der Waals surface area contributed by atoms with Crippen LogP contribution in [0.5, 0.6) is 0 Å². The first-order valence-electron chi connectivity index (χ1n) is 6.88. The lowest BCUT2D eigenvalue weighted by Crippen LogP contribution is -2.45. The molecule has 1 heterocycles. The lowest BCUT2D eigenvalue weighted by Gasteiger charge is -2.19. The Morgan fingerprint density at radius 2 is 1.12 bits per heavy atom. The van der Waals surface area contributed by atoms with E-state index in [0.29, 0.717) is 12.1 Å². The molecule has 2 atom stereocenters. The third kappa shape index (κ3) is 8.51. The standard InChI is InChI=1S/C12H29N5/c1-11-9-15-6-5-13-3-4-14-7-8-16-12(2)10-17-11/h11-17H,3-10H2,1-2H3/t11-,12+/m1/s1. The third-order valence-corrected chi connectivity index (χ3v) is 2.97. The van der Waals surface area contributed by atoms with Gasteiger partial charge in [-0.15, -0.1) is 0 Å². The zero-order chi connectivity index (χ0) is 12.3. The smallest absolute Gasteiger partial charge is 0.0164 e. The summed E-state index contributed by atoms with van der Waals surface area (Å²) in [5.74, 6) is 0. The highest BCUT2D eigenvalue weighted by molar-refractivity contribution is 4.71. The van der Waals surface area contributed by atoms with Crippen molar-refractivity contribution in [1.82, 2.24) is 26.6 Å². The second-order valence-corrected chi connectivity index (χ2v) is 4.87. The average Bonchev–Trinajstić information content (AvgIpc) is 2.33. The van der Waals surface area contributed by atoms with Crippen molar-refractivity contribution in [3.8, 4) is 0 Å². The summed E-state index contributed by atoms with van der Waals surface area (Å²) in [5.41, 5.74) is 0. The molecule has 0 aromatic carbocycles. The summed E-state index contributed by atoms with van der Waals surface area (Å²) in [6, 6.07) is 1.06. The van der Waals surface area contributed by atoms with Gasteiger partial charge in [0.15, 0.2) is 0 Å². The quantitative estimate of drug-likeness (QED) is 0.367. The Bertz CT molecular complexity index is 158. The van der Waals surface area contributed by atoms with Crippen LogP contribution in [-0.4, -0.2) is 64.4 Å². The molecule has 5 nitrogen and oxygen atoms in total. The van der Waals surface area contributed by atoms with Gasteiger partial charge in [-0.2, -0.15) is 0 Å². The fourth-order valence-electron chi connectivity index (χ4n) is 1.85. The van der Waals surface area contributed by atoms with Gasteiger partial charge in [0.1, 0.15) is 0 Å². The lowest BCUT2D eigenvalue weighted by molar-refractivity contribution is 0.445. The van der Waals surface area contributed by atoms with Crippen LogP contribution in [0.15, 0.2) is 0 Å². The normalized spacial score (nSPS) is 31.4.